The van der Waals surface area contributed by atoms with Crippen molar-refractivity contribution >= 4 is 51.4 Å². The molecule has 0 bridgehead atoms. The van der Waals surface area contributed by atoms with E-state index in [4.69, 9.17) is 5.73 Å². The number of hydrogen-bond donors (Lipinski definition) is 4. The Morgan fingerprint density at radius 3 is 2.11 bits per heavy atom. The normalized spacial score (nSPS) is 11.3. The Balaban J connectivity index is 1.55. The zero-order valence-electron chi connectivity index (χ0n) is 21.6. The van der Waals surface area contributed by atoms with Gasteiger partial charge in [0.05, 0.1) is 11.4 Å². The van der Waals surface area contributed by atoms with Crippen molar-refractivity contribution < 1.29 is 5.11 Å². The van der Waals surface area contributed by atoms with Crippen LogP contribution in [0.2, 0.25) is 0 Å². The maximum atomic E-state index is 11.4. The first-order valence-corrected chi connectivity index (χ1v) is 12.1. The molecule has 9 heteroatoms. The van der Waals surface area contributed by atoms with Crippen molar-refractivity contribution in [3.63, 3.8) is 0 Å². The molecule has 0 aliphatic heterocycles. The molecule has 0 spiro atoms. The van der Waals surface area contributed by atoms with Gasteiger partial charge in [0.15, 0.2) is 5.75 Å². The van der Waals surface area contributed by atoms with E-state index in [2.05, 4.69) is 41.9 Å². The number of fused-ring (bicyclic) bond motifs is 1. The van der Waals surface area contributed by atoms with Crippen LogP contribution < -0.4 is 16.4 Å². The van der Waals surface area contributed by atoms with Crippen LogP contribution in [0.15, 0.2) is 77.0 Å². The summed E-state index contributed by atoms with van der Waals surface area (Å²) in [6.07, 6.45) is 0. The maximum Gasteiger partial charge on any atom is 0.233 e. The number of aryl methyl sites for hydroxylation is 4. The summed E-state index contributed by atoms with van der Waals surface area (Å²) in [5.74, 6) is 0.605. The van der Waals surface area contributed by atoms with E-state index in [0.29, 0.717) is 22.7 Å². The van der Waals surface area contributed by atoms with Gasteiger partial charge in [0, 0.05) is 11.1 Å². The van der Waals surface area contributed by atoms with Crippen LogP contribution in [0.1, 0.15) is 22.3 Å². The van der Waals surface area contributed by atoms with E-state index in [0.717, 1.165) is 39.0 Å². The Bertz CT molecular complexity index is 1660. The lowest BCUT2D eigenvalue weighted by Gasteiger charge is -2.15. The quantitative estimate of drug-likeness (QED) is 0.176. The van der Waals surface area contributed by atoms with Crippen molar-refractivity contribution in [2.45, 2.75) is 27.7 Å². The maximum absolute atomic E-state index is 11.4. The average molecular weight is 505 g/mol. The Morgan fingerprint density at radius 2 is 1.39 bits per heavy atom. The summed E-state index contributed by atoms with van der Waals surface area (Å²) in [7, 11) is 0. The Kier molecular flexibility index (Phi) is 6.57. The number of nitrogen functional groups attached to an aromatic ring is 1. The van der Waals surface area contributed by atoms with E-state index in [1.54, 1.807) is 0 Å². The predicted molar refractivity (Wildman–Crippen MR) is 152 cm³/mol. The predicted octanol–water partition coefficient (Wildman–Crippen LogP) is 7.45. The van der Waals surface area contributed by atoms with Crippen molar-refractivity contribution in [2.75, 3.05) is 16.4 Å². The molecule has 0 fully saturated rings. The molecule has 1 heterocycles. The summed E-state index contributed by atoms with van der Waals surface area (Å²) in [4.78, 5) is 12.9. The summed E-state index contributed by atoms with van der Waals surface area (Å²) in [6, 6.07) is 21.4. The molecular formula is C29H28N8O. The van der Waals surface area contributed by atoms with Crippen LogP contribution in [0.5, 0.6) is 5.75 Å². The van der Waals surface area contributed by atoms with Crippen LogP contribution in [0.25, 0.3) is 10.8 Å². The molecular weight excluding hydrogens is 476 g/mol. The number of rotatable bonds is 6. The second-order valence-corrected chi connectivity index (χ2v) is 9.30. The van der Waals surface area contributed by atoms with E-state index in [1.807, 2.05) is 88.4 Å². The fraction of sp³-hybridized carbons (Fsp3) is 0.138. The number of nitrogens with two attached hydrogens (primary N) is 1. The second-order valence-electron chi connectivity index (χ2n) is 9.30. The van der Waals surface area contributed by atoms with Crippen LogP contribution in [0.4, 0.5) is 40.6 Å². The molecule has 1 aromatic heterocycles. The number of hydrogen-bond acceptors (Lipinski definition) is 9. The standard InChI is InChI=1S/C29H28N8O/c1-16-10-17(2)13-22(12-16)36-37-25-19(4)15-20-11-18(3)14-23(24(20)26(25)38)32-29-34-27(30)33-28(35-29)31-21-8-6-5-7-9-21/h5-15,38H,1-4H3,(H4,30,31,32,33,34,35). The van der Waals surface area contributed by atoms with Crippen LogP contribution in [0, 0.1) is 27.7 Å². The minimum atomic E-state index is 0.0142. The third-order valence-electron chi connectivity index (χ3n) is 5.92. The van der Waals surface area contributed by atoms with E-state index in [9.17, 15) is 5.11 Å². The van der Waals surface area contributed by atoms with Crippen molar-refractivity contribution in [3.8, 4) is 5.75 Å². The molecule has 9 nitrogen and oxygen atoms in total. The molecule has 0 atom stereocenters. The van der Waals surface area contributed by atoms with Gasteiger partial charge in [-0.05, 0) is 91.7 Å². The average Bonchev–Trinajstić information content (AvgIpc) is 2.83. The first-order valence-electron chi connectivity index (χ1n) is 12.1. The topological polar surface area (TPSA) is 134 Å². The third-order valence-corrected chi connectivity index (χ3v) is 5.92. The van der Waals surface area contributed by atoms with E-state index in [-0.39, 0.29) is 17.6 Å². The highest BCUT2D eigenvalue weighted by atomic mass is 16.3. The highest BCUT2D eigenvalue weighted by Gasteiger charge is 2.16. The van der Waals surface area contributed by atoms with Crippen molar-refractivity contribution in [3.05, 3.63) is 89.0 Å². The molecule has 0 saturated heterocycles. The molecule has 4 aromatic carbocycles. The number of aromatic nitrogens is 3. The van der Waals surface area contributed by atoms with Gasteiger partial charge in [-0.2, -0.15) is 20.1 Å². The lowest BCUT2D eigenvalue weighted by Crippen LogP contribution is -2.07. The molecule has 0 aliphatic rings. The largest absolute Gasteiger partial charge is 0.505 e. The zero-order valence-corrected chi connectivity index (χ0v) is 21.6. The van der Waals surface area contributed by atoms with Crippen LogP contribution in [-0.4, -0.2) is 20.1 Å². The third kappa shape index (κ3) is 5.36. The number of aromatic hydroxyl groups is 1. The molecule has 38 heavy (non-hydrogen) atoms. The molecule has 0 amide bonds. The van der Waals surface area contributed by atoms with Crippen LogP contribution in [-0.2, 0) is 0 Å². The number of benzene rings is 4. The first kappa shape index (κ1) is 24.6. The van der Waals surface area contributed by atoms with Gasteiger partial charge in [-0.1, -0.05) is 30.3 Å². The SMILES string of the molecule is Cc1cc(C)cc(N=Nc2c(C)cc3cc(C)cc(Nc4nc(N)nc(Nc5ccccc5)n4)c3c2O)c1. The summed E-state index contributed by atoms with van der Waals surface area (Å²) in [5.41, 5.74) is 12.5. The van der Waals surface area contributed by atoms with Gasteiger partial charge in [-0.25, -0.2) is 0 Å². The van der Waals surface area contributed by atoms with Gasteiger partial charge in [0.1, 0.15) is 5.69 Å². The van der Waals surface area contributed by atoms with Crippen molar-refractivity contribution in [2.24, 2.45) is 10.2 Å². The lowest BCUT2D eigenvalue weighted by molar-refractivity contribution is 0.482. The minimum absolute atomic E-state index is 0.0142. The molecule has 0 radical (unpaired) electrons. The summed E-state index contributed by atoms with van der Waals surface area (Å²) < 4.78 is 0. The summed E-state index contributed by atoms with van der Waals surface area (Å²) in [5, 5.41) is 28.0. The Labute approximate surface area is 220 Å². The van der Waals surface area contributed by atoms with E-state index >= 15 is 0 Å². The molecule has 0 saturated carbocycles. The molecule has 5 rings (SSSR count). The molecule has 5 N–H and O–H groups in total. The van der Waals surface area contributed by atoms with Gasteiger partial charge in [0.25, 0.3) is 0 Å². The van der Waals surface area contributed by atoms with Gasteiger partial charge < -0.3 is 21.5 Å². The van der Waals surface area contributed by atoms with E-state index in [1.165, 1.54) is 0 Å². The first-order chi connectivity index (χ1) is 18.2. The Morgan fingerprint density at radius 1 is 0.737 bits per heavy atom. The molecule has 0 unspecified atom stereocenters. The summed E-state index contributed by atoms with van der Waals surface area (Å²) >= 11 is 0. The molecule has 190 valence electrons. The Hall–Kier alpha value is -5.05. The van der Waals surface area contributed by atoms with Gasteiger partial charge in [-0.3, -0.25) is 0 Å². The number of anilines is 5. The monoisotopic (exact) mass is 504 g/mol. The fourth-order valence-corrected chi connectivity index (χ4v) is 4.42. The minimum Gasteiger partial charge on any atom is -0.505 e. The highest BCUT2D eigenvalue weighted by Crippen LogP contribution is 2.43. The number of nitrogens with one attached hydrogen (secondary N) is 2. The van der Waals surface area contributed by atoms with Gasteiger partial charge in [0.2, 0.25) is 17.8 Å². The number of phenolic OH excluding ortho intramolecular Hbond substituents is 1. The number of nitrogens with zero attached hydrogens (tertiary/aromatic N) is 5. The molecule has 5 aromatic rings. The second kappa shape index (κ2) is 10.1. The van der Waals surface area contributed by atoms with Crippen LogP contribution >= 0.6 is 0 Å². The van der Waals surface area contributed by atoms with Crippen molar-refractivity contribution in [1.82, 2.24) is 15.0 Å². The number of phenols is 1. The van der Waals surface area contributed by atoms with Gasteiger partial charge >= 0.3 is 0 Å². The lowest BCUT2D eigenvalue weighted by atomic mass is 10.0. The highest BCUT2D eigenvalue weighted by molar-refractivity contribution is 6.03. The fourth-order valence-electron chi connectivity index (χ4n) is 4.42. The van der Waals surface area contributed by atoms with Crippen LogP contribution in [0.3, 0.4) is 0 Å². The zero-order chi connectivity index (χ0) is 26.8. The number of azo groups is 1. The van der Waals surface area contributed by atoms with Crippen molar-refractivity contribution in [1.29, 1.82) is 0 Å². The molecule has 0 aliphatic carbocycles. The van der Waals surface area contributed by atoms with Gasteiger partial charge in [-0.15, -0.1) is 5.11 Å². The smallest absolute Gasteiger partial charge is 0.233 e. The summed E-state index contributed by atoms with van der Waals surface area (Å²) in [6.45, 7) is 7.91. The number of para-hydroxylation sites is 1. The van der Waals surface area contributed by atoms with E-state index < -0.39 is 0 Å².